The van der Waals surface area contributed by atoms with Crippen LogP contribution in [-0.2, 0) is 34.9 Å². The highest BCUT2D eigenvalue weighted by Crippen LogP contribution is 2.46. The van der Waals surface area contributed by atoms with E-state index in [0.717, 1.165) is 5.56 Å². The number of hydrogen-bond acceptors (Lipinski definition) is 8. The van der Waals surface area contributed by atoms with Crippen molar-refractivity contribution in [3.05, 3.63) is 33.8 Å². The highest BCUT2D eigenvalue weighted by atomic mass is 35.5. The van der Waals surface area contributed by atoms with Gasteiger partial charge in [0.1, 0.15) is 11.3 Å². The minimum Gasteiger partial charge on any atom is -0.459 e. The molecule has 1 aliphatic rings. The van der Waals surface area contributed by atoms with Crippen molar-refractivity contribution < 1.29 is 28.5 Å². The summed E-state index contributed by atoms with van der Waals surface area (Å²) >= 11 is 12.0. The predicted octanol–water partition coefficient (Wildman–Crippen LogP) is 5.70. The normalized spacial score (nSPS) is 15.0. The summed E-state index contributed by atoms with van der Waals surface area (Å²) in [5, 5.41) is 4.70. The van der Waals surface area contributed by atoms with Gasteiger partial charge in [0.25, 0.3) is 5.90 Å². The zero-order valence-electron chi connectivity index (χ0n) is 18.2. The molecular formula is C20H27Cl2N2O6P. The van der Waals surface area contributed by atoms with Gasteiger partial charge in [0.2, 0.25) is 0 Å². The van der Waals surface area contributed by atoms with Gasteiger partial charge in [0.05, 0.1) is 29.7 Å². The van der Waals surface area contributed by atoms with Crippen LogP contribution in [0.4, 0.5) is 0 Å². The van der Waals surface area contributed by atoms with Crippen molar-refractivity contribution in [2.75, 3.05) is 13.2 Å². The van der Waals surface area contributed by atoms with Crippen LogP contribution in [0.1, 0.15) is 46.6 Å². The third kappa shape index (κ3) is 8.54. The van der Waals surface area contributed by atoms with Crippen molar-refractivity contribution in [1.82, 2.24) is 0 Å². The van der Waals surface area contributed by atoms with E-state index in [-0.39, 0.29) is 12.3 Å². The zero-order chi connectivity index (χ0) is 23.0. The van der Waals surface area contributed by atoms with Crippen molar-refractivity contribution in [3.8, 4) is 0 Å². The second-order valence-corrected chi connectivity index (χ2v) is 10.00. The Morgan fingerprint density at radius 3 is 2.42 bits per heavy atom. The molecule has 0 saturated carbocycles. The first-order valence-corrected chi connectivity index (χ1v) is 11.8. The van der Waals surface area contributed by atoms with Gasteiger partial charge in [-0.25, -0.2) is 0 Å². The minimum absolute atomic E-state index is 0.0704. The molecule has 1 aromatic carbocycles. The Morgan fingerprint density at radius 2 is 1.84 bits per heavy atom. The molecule has 0 spiro atoms. The lowest BCUT2D eigenvalue weighted by Gasteiger charge is -2.28. The molecule has 0 aromatic heterocycles. The van der Waals surface area contributed by atoms with Gasteiger partial charge in [-0.3, -0.25) is 9.68 Å². The van der Waals surface area contributed by atoms with Crippen LogP contribution in [0.15, 0.2) is 28.3 Å². The van der Waals surface area contributed by atoms with Gasteiger partial charge in [0.15, 0.2) is 14.2 Å². The van der Waals surface area contributed by atoms with Crippen LogP contribution < -0.4 is 0 Å². The molecule has 0 amide bonds. The maximum Gasteiger partial charge on any atom is 0.319 e. The number of hydrogen-bond donors (Lipinski definition) is 0. The molecule has 0 bridgehead atoms. The van der Waals surface area contributed by atoms with Crippen molar-refractivity contribution in [2.24, 2.45) is 10.1 Å². The van der Waals surface area contributed by atoms with Gasteiger partial charge in [0, 0.05) is 6.42 Å². The molecule has 1 atom stereocenters. The largest absolute Gasteiger partial charge is 0.459 e. The molecule has 1 aliphatic heterocycles. The average molecular weight is 493 g/mol. The number of aliphatic imine (C=N–C) groups is 1. The lowest BCUT2D eigenvalue weighted by atomic mass is 10.1. The standard InChI is InChI=1S/C20H27Cl2N2O6P/c1-6-26-31(27-7-2)16(19(25)28-20(3,4)5)12-18-23-17(24-30-29-18)11-13-8-9-14(21)15(22)10-13/h8-10,16H,6-7,11-12H2,1-5H3. The molecule has 1 aromatic rings. The number of halogens is 2. The molecule has 1 unspecified atom stereocenters. The van der Waals surface area contributed by atoms with Crippen molar-refractivity contribution in [1.29, 1.82) is 0 Å². The van der Waals surface area contributed by atoms with Crippen LogP contribution in [0.2, 0.25) is 10.0 Å². The van der Waals surface area contributed by atoms with Crippen molar-refractivity contribution in [2.45, 2.75) is 58.7 Å². The van der Waals surface area contributed by atoms with E-state index in [1.807, 2.05) is 19.9 Å². The van der Waals surface area contributed by atoms with Crippen molar-refractivity contribution >= 4 is 49.3 Å². The summed E-state index contributed by atoms with van der Waals surface area (Å²) in [4.78, 5) is 27.3. The SMILES string of the molecule is CCOP(OCC)C(CC1=NC(Cc2ccc(Cl)c(Cl)c2)=NOO1)C(=O)OC(C)(C)C. The Hall–Kier alpha value is -1.44. The zero-order valence-corrected chi connectivity index (χ0v) is 20.6. The Kier molecular flexibility index (Phi) is 9.97. The molecule has 0 N–H and O–H groups in total. The summed E-state index contributed by atoms with van der Waals surface area (Å²) in [6.45, 7) is 9.83. The van der Waals surface area contributed by atoms with Crippen LogP contribution >= 0.6 is 31.6 Å². The van der Waals surface area contributed by atoms with E-state index in [1.54, 1.807) is 32.9 Å². The van der Waals surface area contributed by atoms with Gasteiger partial charge in [-0.05, 0) is 57.5 Å². The number of esters is 1. The Labute approximate surface area is 193 Å². The van der Waals surface area contributed by atoms with E-state index in [0.29, 0.717) is 35.5 Å². The second kappa shape index (κ2) is 12.0. The van der Waals surface area contributed by atoms with Crippen LogP contribution in [0.5, 0.6) is 0 Å². The predicted molar refractivity (Wildman–Crippen MR) is 122 cm³/mol. The van der Waals surface area contributed by atoms with Gasteiger partial charge in [-0.2, -0.15) is 9.98 Å². The van der Waals surface area contributed by atoms with Gasteiger partial charge in [-0.15, -0.1) is 0 Å². The Morgan fingerprint density at radius 1 is 1.16 bits per heavy atom. The van der Waals surface area contributed by atoms with E-state index in [4.69, 9.17) is 46.9 Å². The minimum atomic E-state index is -1.57. The maximum atomic E-state index is 12.9. The lowest BCUT2D eigenvalue weighted by Crippen LogP contribution is -2.34. The highest BCUT2D eigenvalue weighted by Gasteiger charge is 2.37. The summed E-state index contributed by atoms with van der Waals surface area (Å²) in [5.41, 5.74) is -0.571. The third-order valence-electron chi connectivity index (χ3n) is 3.69. The number of nitrogens with zero attached hydrogens (tertiary/aromatic N) is 2. The first-order chi connectivity index (χ1) is 14.6. The number of carbonyl (C=O) groups excluding carboxylic acids is 1. The van der Waals surface area contributed by atoms with E-state index in [9.17, 15) is 4.79 Å². The van der Waals surface area contributed by atoms with Crippen molar-refractivity contribution in [3.63, 3.8) is 0 Å². The summed E-state index contributed by atoms with van der Waals surface area (Å²) in [6, 6.07) is 5.23. The molecule has 1 heterocycles. The monoisotopic (exact) mass is 492 g/mol. The Bertz CT molecular complexity index is 822. The third-order valence-corrected chi connectivity index (χ3v) is 6.36. The van der Waals surface area contributed by atoms with Gasteiger partial charge in [-0.1, -0.05) is 29.3 Å². The summed E-state index contributed by atoms with van der Waals surface area (Å²) in [7, 11) is -1.57. The van der Waals surface area contributed by atoms with E-state index in [1.165, 1.54) is 0 Å². The number of rotatable bonds is 10. The molecular weight excluding hydrogens is 466 g/mol. The number of amidine groups is 1. The highest BCUT2D eigenvalue weighted by molar-refractivity contribution is 7.49. The molecule has 2 rings (SSSR count). The molecule has 0 radical (unpaired) electrons. The molecule has 0 saturated heterocycles. The fourth-order valence-corrected chi connectivity index (χ4v) is 4.32. The Balaban J connectivity index is 2.20. The number of oxime groups is 1. The molecule has 11 heteroatoms. The number of benzene rings is 1. The number of carbonyl (C=O) groups is 1. The molecule has 172 valence electrons. The fourth-order valence-electron chi connectivity index (χ4n) is 2.52. The van der Waals surface area contributed by atoms with Crippen LogP contribution in [-0.4, -0.2) is 42.2 Å². The van der Waals surface area contributed by atoms with Gasteiger partial charge < -0.3 is 13.8 Å². The molecule has 0 fully saturated rings. The second-order valence-electron chi connectivity index (χ2n) is 7.47. The first-order valence-electron chi connectivity index (χ1n) is 9.83. The summed E-state index contributed by atoms with van der Waals surface area (Å²) < 4.78 is 17.0. The fraction of sp³-hybridized carbons (Fsp3) is 0.550. The van der Waals surface area contributed by atoms with Crippen LogP contribution in [0.3, 0.4) is 0 Å². The summed E-state index contributed by atoms with van der Waals surface area (Å²) in [6.07, 6.45) is 0.410. The van der Waals surface area contributed by atoms with Gasteiger partial charge >= 0.3 is 5.97 Å². The smallest absolute Gasteiger partial charge is 0.319 e. The lowest BCUT2D eigenvalue weighted by molar-refractivity contribution is -0.227. The summed E-state index contributed by atoms with van der Waals surface area (Å²) in [5.74, 6) is 0.0768. The maximum absolute atomic E-state index is 12.9. The average Bonchev–Trinajstić information content (AvgIpc) is 2.68. The van der Waals surface area contributed by atoms with Crippen LogP contribution in [0.25, 0.3) is 0 Å². The number of ether oxygens (including phenoxy) is 1. The van der Waals surface area contributed by atoms with E-state index in [2.05, 4.69) is 10.1 Å². The van der Waals surface area contributed by atoms with Crippen LogP contribution in [0, 0.1) is 0 Å². The molecule has 8 nitrogen and oxygen atoms in total. The topological polar surface area (TPSA) is 87.9 Å². The quantitative estimate of drug-likeness (QED) is 0.236. The first kappa shape index (κ1) is 25.8. The van der Waals surface area contributed by atoms with E-state index >= 15 is 0 Å². The molecule has 31 heavy (non-hydrogen) atoms. The molecule has 0 aliphatic carbocycles. The van der Waals surface area contributed by atoms with E-state index < -0.39 is 25.6 Å².